The van der Waals surface area contributed by atoms with Gasteiger partial charge in [-0.25, -0.2) is 14.2 Å². The summed E-state index contributed by atoms with van der Waals surface area (Å²) in [6, 6.07) is 15.1. The highest BCUT2D eigenvalue weighted by molar-refractivity contribution is 5.89. The lowest BCUT2D eigenvalue weighted by Crippen LogP contribution is -2.34. The Morgan fingerprint density at radius 3 is 2.71 bits per heavy atom. The summed E-state index contributed by atoms with van der Waals surface area (Å²) in [5.74, 6) is 1.17. The molecule has 0 amide bonds. The first kappa shape index (κ1) is 23.7. The third-order valence-electron chi connectivity index (χ3n) is 6.97. The second kappa shape index (κ2) is 10.7. The molecule has 2 aliphatic rings. The Morgan fingerprint density at radius 2 is 1.94 bits per heavy atom. The monoisotopic (exact) mass is 476 g/mol. The summed E-state index contributed by atoms with van der Waals surface area (Å²) in [7, 11) is 0. The van der Waals surface area contributed by atoms with Gasteiger partial charge in [-0.3, -0.25) is 4.90 Å². The number of rotatable bonds is 10. The fourth-order valence-corrected chi connectivity index (χ4v) is 4.90. The third kappa shape index (κ3) is 5.97. The molecule has 1 fully saturated rings. The summed E-state index contributed by atoms with van der Waals surface area (Å²) in [6.07, 6.45) is 5.33. The topological polar surface area (TPSA) is 59.4 Å². The van der Waals surface area contributed by atoms with Gasteiger partial charge in [-0.1, -0.05) is 24.3 Å². The van der Waals surface area contributed by atoms with E-state index in [-0.39, 0.29) is 11.8 Å². The third-order valence-corrected chi connectivity index (χ3v) is 6.97. The number of imidazole rings is 1. The van der Waals surface area contributed by atoms with Crippen LogP contribution >= 0.6 is 0 Å². The number of benzene rings is 2. The standard InChI is InChI=1S/C28H33FN4O2/c1-2-35-28(34)22-7-5-20(6-8-22)4-3-13-32-14-15-33-18-24(31-27(33)19-32)17-30-26-16-25(26)21-9-11-23(29)12-10-21/h5-12,18,25-26,30H,2-4,13-17,19H2,1H3. The molecule has 1 aliphatic carbocycles. The maximum absolute atomic E-state index is 13.1. The first-order valence-corrected chi connectivity index (χ1v) is 12.6. The highest BCUT2D eigenvalue weighted by Crippen LogP contribution is 2.40. The Morgan fingerprint density at radius 1 is 1.14 bits per heavy atom. The van der Waals surface area contributed by atoms with E-state index in [2.05, 4.69) is 21.0 Å². The van der Waals surface area contributed by atoms with E-state index >= 15 is 0 Å². The normalized spacial score (nSPS) is 19.4. The predicted octanol–water partition coefficient (Wildman–Crippen LogP) is 4.29. The zero-order valence-electron chi connectivity index (χ0n) is 20.3. The Hall–Kier alpha value is -3.03. The molecule has 0 saturated heterocycles. The van der Waals surface area contributed by atoms with Gasteiger partial charge in [-0.05, 0) is 68.1 Å². The van der Waals surface area contributed by atoms with Crippen molar-refractivity contribution in [1.82, 2.24) is 19.8 Å². The number of nitrogens with zero attached hydrogens (tertiary/aromatic N) is 3. The van der Waals surface area contributed by atoms with E-state index in [1.165, 1.54) is 11.1 Å². The lowest BCUT2D eigenvalue weighted by atomic mass is 10.1. The lowest BCUT2D eigenvalue weighted by Gasteiger charge is -2.27. The van der Waals surface area contributed by atoms with Gasteiger partial charge in [-0.15, -0.1) is 0 Å². The van der Waals surface area contributed by atoms with Crippen molar-refractivity contribution in [3.63, 3.8) is 0 Å². The van der Waals surface area contributed by atoms with Gasteiger partial charge in [0.05, 0.1) is 24.4 Å². The zero-order valence-corrected chi connectivity index (χ0v) is 20.3. The number of aromatic nitrogens is 2. The van der Waals surface area contributed by atoms with Gasteiger partial charge in [0.15, 0.2) is 0 Å². The molecular formula is C28H33FN4O2. The molecule has 35 heavy (non-hydrogen) atoms. The number of fused-ring (bicyclic) bond motifs is 1. The minimum atomic E-state index is -0.262. The predicted molar refractivity (Wildman–Crippen MR) is 133 cm³/mol. The molecule has 5 rings (SSSR count). The second-order valence-electron chi connectivity index (χ2n) is 9.52. The molecule has 1 aromatic heterocycles. The van der Waals surface area contributed by atoms with Crippen LogP contribution in [0.3, 0.4) is 0 Å². The summed E-state index contributed by atoms with van der Waals surface area (Å²) in [4.78, 5) is 19.1. The smallest absolute Gasteiger partial charge is 0.338 e. The van der Waals surface area contributed by atoms with Gasteiger partial charge in [0, 0.05) is 37.8 Å². The summed E-state index contributed by atoms with van der Waals surface area (Å²) in [6.45, 7) is 6.89. The maximum Gasteiger partial charge on any atom is 0.338 e. The van der Waals surface area contributed by atoms with E-state index in [0.29, 0.717) is 24.1 Å². The molecule has 6 nitrogen and oxygen atoms in total. The number of carbonyl (C=O) groups excluding carboxylic acids is 1. The highest BCUT2D eigenvalue weighted by atomic mass is 19.1. The van der Waals surface area contributed by atoms with Crippen molar-refractivity contribution >= 4 is 5.97 Å². The van der Waals surface area contributed by atoms with Crippen LogP contribution in [0.4, 0.5) is 4.39 Å². The summed E-state index contributed by atoms with van der Waals surface area (Å²) >= 11 is 0. The van der Waals surface area contributed by atoms with Gasteiger partial charge in [0.2, 0.25) is 0 Å². The van der Waals surface area contributed by atoms with E-state index in [1.807, 2.05) is 43.3 Å². The largest absolute Gasteiger partial charge is 0.462 e. The number of hydrogen-bond donors (Lipinski definition) is 1. The maximum atomic E-state index is 13.1. The van der Waals surface area contributed by atoms with Crippen LogP contribution in [0.25, 0.3) is 0 Å². The summed E-state index contributed by atoms with van der Waals surface area (Å²) < 4.78 is 20.5. The number of aryl methyl sites for hydroxylation is 1. The van der Waals surface area contributed by atoms with Crippen LogP contribution in [0.15, 0.2) is 54.7 Å². The van der Waals surface area contributed by atoms with Crippen molar-refractivity contribution in [2.45, 2.75) is 57.8 Å². The summed E-state index contributed by atoms with van der Waals surface area (Å²) in [5.41, 5.74) is 4.15. The highest BCUT2D eigenvalue weighted by Gasteiger charge is 2.37. The van der Waals surface area contributed by atoms with Crippen molar-refractivity contribution in [3.8, 4) is 0 Å². The summed E-state index contributed by atoms with van der Waals surface area (Å²) in [5, 5.41) is 3.61. The number of halogens is 1. The number of carbonyl (C=O) groups is 1. The van der Waals surface area contributed by atoms with Crippen LogP contribution in [-0.2, 0) is 30.8 Å². The minimum Gasteiger partial charge on any atom is -0.462 e. The van der Waals surface area contributed by atoms with E-state index < -0.39 is 0 Å². The Balaban J connectivity index is 1.05. The molecule has 0 radical (unpaired) electrons. The van der Waals surface area contributed by atoms with E-state index in [1.54, 1.807) is 12.1 Å². The molecule has 2 atom stereocenters. The lowest BCUT2D eigenvalue weighted by molar-refractivity contribution is 0.0526. The molecule has 2 aromatic carbocycles. The average molecular weight is 477 g/mol. The van der Waals surface area contributed by atoms with Gasteiger partial charge < -0.3 is 14.6 Å². The molecule has 0 bridgehead atoms. The Bertz CT molecular complexity index is 1140. The van der Waals surface area contributed by atoms with Crippen LogP contribution in [0, 0.1) is 5.82 Å². The van der Waals surface area contributed by atoms with Gasteiger partial charge in [0.25, 0.3) is 0 Å². The van der Waals surface area contributed by atoms with Crippen molar-refractivity contribution in [1.29, 1.82) is 0 Å². The molecule has 7 heteroatoms. The fourth-order valence-electron chi connectivity index (χ4n) is 4.90. The SMILES string of the molecule is CCOC(=O)c1ccc(CCCN2CCn3cc(CNC4CC4c4ccc(F)cc4)nc3C2)cc1. The van der Waals surface area contributed by atoms with Gasteiger partial charge in [-0.2, -0.15) is 0 Å². The molecule has 1 saturated carbocycles. The average Bonchev–Trinajstić information content (AvgIpc) is 3.53. The van der Waals surface area contributed by atoms with Crippen LogP contribution in [0.2, 0.25) is 0 Å². The number of nitrogens with one attached hydrogen (secondary N) is 1. The van der Waals surface area contributed by atoms with Gasteiger partial charge >= 0.3 is 5.97 Å². The molecule has 1 aliphatic heterocycles. The van der Waals surface area contributed by atoms with Crippen molar-refractivity contribution in [2.24, 2.45) is 0 Å². The first-order chi connectivity index (χ1) is 17.1. The van der Waals surface area contributed by atoms with Crippen molar-refractivity contribution in [3.05, 3.63) is 88.8 Å². The van der Waals surface area contributed by atoms with Crippen LogP contribution in [0.5, 0.6) is 0 Å². The van der Waals surface area contributed by atoms with E-state index in [4.69, 9.17) is 9.72 Å². The molecule has 2 heterocycles. The number of ether oxygens (including phenoxy) is 1. The van der Waals surface area contributed by atoms with Gasteiger partial charge in [0.1, 0.15) is 11.6 Å². The molecule has 2 unspecified atom stereocenters. The zero-order chi connectivity index (χ0) is 24.2. The minimum absolute atomic E-state index is 0.179. The second-order valence-corrected chi connectivity index (χ2v) is 9.52. The van der Waals surface area contributed by atoms with Crippen molar-refractivity contribution in [2.75, 3.05) is 19.7 Å². The number of esters is 1. The molecule has 184 valence electrons. The molecule has 1 N–H and O–H groups in total. The van der Waals surface area contributed by atoms with Crippen molar-refractivity contribution < 1.29 is 13.9 Å². The van der Waals surface area contributed by atoms with E-state index in [9.17, 15) is 9.18 Å². The fraction of sp³-hybridized carbons (Fsp3) is 0.429. The molecule has 3 aromatic rings. The quantitative estimate of drug-likeness (QED) is 0.443. The van der Waals surface area contributed by atoms with E-state index in [0.717, 1.165) is 63.5 Å². The van der Waals surface area contributed by atoms with Crippen LogP contribution < -0.4 is 5.32 Å². The molecule has 0 spiro atoms. The van der Waals surface area contributed by atoms with Crippen LogP contribution in [0.1, 0.15) is 58.7 Å². The number of hydrogen-bond acceptors (Lipinski definition) is 5. The first-order valence-electron chi connectivity index (χ1n) is 12.6. The molecular weight excluding hydrogens is 443 g/mol. The Kier molecular flexibility index (Phi) is 7.25. The van der Waals surface area contributed by atoms with Crippen LogP contribution in [-0.4, -0.2) is 46.2 Å². The Labute approximate surface area is 206 Å².